The van der Waals surface area contributed by atoms with Gasteiger partial charge in [0.15, 0.2) is 5.96 Å². The van der Waals surface area contributed by atoms with Crippen LogP contribution in [0.1, 0.15) is 51.2 Å². The molecule has 1 N–H and O–H groups in total. The lowest BCUT2D eigenvalue weighted by Gasteiger charge is -2.38. The van der Waals surface area contributed by atoms with Gasteiger partial charge in [0, 0.05) is 19.6 Å². The van der Waals surface area contributed by atoms with Gasteiger partial charge in [-0.05, 0) is 76.9 Å². The first-order valence-corrected chi connectivity index (χ1v) is 10.8. The van der Waals surface area contributed by atoms with E-state index < -0.39 is 0 Å². The highest BCUT2D eigenvalue weighted by molar-refractivity contribution is 5.80. The molecule has 2 atom stereocenters. The molecule has 2 fully saturated rings. The molecule has 1 aromatic carbocycles. The van der Waals surface area contributed by atoms with E-state index in [1.807, 2.05) is 12.1 Å². The maximum absolute atomic E-state index is 13.3. The number of morpholine rings is 1. The van der Waals surface area contributed by atoms with Crippen molar-refractivity contribution >= 4 is 5.96 Å². The van der Waals surface area contributed by atoms with E-state index in [1.165, 1.54) is 51.0 Å². The molecular weight excluding hydrogens is 355 g/mol. The van der Waals surface area contributed by atoms with Crippen LogP contribution < -0.4 is 5.32 Å². The molecule has 1 aromatic rings. The van der Waals surface area contributed by atoms with Gasteiger partial charge < -0.3 is 19.9 Å². The van der Waals surface area contributed by atoms with Crippen molar-refractivity contribution in [1.29, 1.82) is 0 Å². The molecule has 6 heteroatoms. The number of nitrogens with zero attached hydrogens (tertiary/aromatic N) is 3. The zero-order valence-electron chi connectivity index (χ0n) is 17.4. The van der Waals surface area contributed by atoms with Gasteiger partial charge in [0.2, 0.25) is 0 Å². The largest absolute Gasteiger partial charge is 0.367 e. The molecule has 0 radical (unpaired) electrons. The summed E-state index contributed by atoms with van der Waals surface area (Å²) in [6.45, 7) is 11.2. The van der Waals surface area contributed by atoms with Gasteiger partial charge in [0.25, 0.3) is 0 Å². The van der Waals surface area contributed by atoms with Crippen LogP contribution in [0.3, 0.4) is 0 Å². The summed E-state index contributed by atoms with van der Waals surface area (Å²) in [7, 11) is 0. The molecule has 2 saturated heterocycles. The quantitative estimate of drug-likeness (QED) is 0.440. The third-order valence-electron chi connectivity index (χ3n) is 5.48. The fraction of sp³-hybridized carbons (Fsp3) is 0.682. The fourth-order valence-corrected chi connectivity index (χ4v) is 4.05. The monoisotopic (exact) mass is 390 g/mol. The van der Waals surface area contributed by atoms with Gasteiger partial charge in [-0.3, -0.25) is 4.99 Å². The van der Waals surface area contributed by atoms with Crippen LogP contribution in [-0.4, -0.2) is 67.7 Å². The Morgan fingerprint density at radius 3 is 2.64 bits per heavy atom. The number of aliphatic imine (C=N–C) groups is 1. The second kappa shape index (κ2) is 10.8. The molecule has 2 heterocycles. The highest BCUT2D eigenvalue weighted by Crippen LogP contribution is 2.25. The molecule has 5 nitrogen and oxygen atoms in total. The van der Waals surface area contributed by atoms with E-state index in [2.05, 4.69) is 29.0 Å². The first kappa shape index (κ1) is 21.1. The molecule has 0 aromatic heterocycles. The summed E-state index contributed by atoms with van der Waals surface area (Å²) in [6, 6.07) is 6.64. The first-order chi connectivity index (χ1) is 13.7. The molecular formula is C22H35FN4O. The molecule has 0 saturated carbocycles. The van der Waals surface area contributed by atoms with E-state index in [0.29, 0.717) is 0 Å². The van der Waals surface area contributed by atoms with Gasteiger partial charge >= 0.3 is 0 Å². The average molecular weight is 391 g/mol. The third-order valence-corrected chi connectivity index (χ3v) is 5.48. The van der Waals surface area contributed by atoms with Gasteiger partial charge in [0.1, 0.15) is 11.9 Å². The lowest BCUT2D eigenvalue weighted by atomic mass is 10.1. The number of halogens is 1. The van der Waals surface area contributed by atoms with E-state index >= 15 is 0 Å². The standard InChI is InChI=1S/C22H35FN4O/c1-3-24-22(25-12-4-5-13-26-14-6-7-15-26)27-16-18(2)28-21(17-27)19-8-10-20(23)11-9-19/h8-11,18,21H,3-7,12-17H2,1-2H3,(H,24,25). The van der Waals surface area contributed by atoms with Crippen molar-refractivity contribution < 1.29 is 9.13 Å². The lowest BCUT2D eigenvalue weighted by Crippen LogP contribution is -2.50. The van der Waals surface area contributed by atoms with E-state index in [-0.39, 0.29) is 18.0 Å². The SMILES string of the molecule is CCNC(=NCCCCN1CCCC1)N1CC(C)OC(c2ccc(F)cc2)C1. The van der Waals surface area contributed by atoms with E-state index in [4.69, 9.17) is 9.73 Å². The van der Waals surface area contributed by atoms with Crippen LogP contribution in [0.5, 0.6) is 0 Å². The molecule has 0 aliphatic carbocycles. The van der Waals surface area contributed by atoms with Crippen molar-refractivity contribution in [1.82, 2.24) is 15.1 Å². The number of likely N-dealkylation sites (tertiary alicyclic amines) is 1. The summed E-state index contributed by atoms with van der Waals surface area (Å²) < 4.78 is 19.4. The molecule has 0 amide bonds. The maximum Gasteiger partial charge on any atom is 0.194 e. The number of guanidine groups is 1. The number of unbranched alkanes of at least 4 members (excludes halogenated alkanes) is 1. The van der Waals surface area contributed by atoms with Crippen LogP contribution in [0, 0.1) is 5.82 Å². The molecule has 2 aliphatic heterocycles. The van der Waals surface area contributed by atoms with Crippen molar-refractivity contribution in [3.8, 4) is 0 Å². The van der Waals surface area contributed by atoms with Gasteiger partial charge in [-0.2, -0.15) is 0 Å². The van der Waals surface area contributed by atoms with Gasteiger partial charge in [-0.15, -0.1) is 0 Å². The Hall–Kier alpha value is -1.66. The number of benzene rings is 1. The minimum Gasteiger partial charge on any atom is -0.367 e. The number of hydrogen-bond acceptors (Lipinski definition) is 3. The minimum atomic E-state index is -0.215. The highest BCUT2D eigenvalue weighted by atomic mass is 19.1. The van der Waals surface area contributed by atoms with E-state index in [9.17, 15) is 4.39 Å². The maximum atomic E-state index is 13.3. The third kappa shape index (κ3) is 6.17. The summed E-state index contributed by atoms with van der Waals surface area (Å²) in [5, 5.41) is 3.44. The van der Waals surface area contributed by atoms with E-state index in [0.717, 1.165) is 44.1 Å². The molecule has 0 spiro atoms. The summed E-state index contributed by atoms with van der Waals surface area (Å²) >= 11 is 0. The Morgan fingerprint density at radius 1 is 1.18 bits per heavy atom. The van der Waals surface area contributed by atoms with Crippen LogP contribution in [-0.2, 0) is 4.74 Å². The molecule has 156 valence electrons. The van der Waals surface area contributed by atoms with Gasteiger partial charge in [0.05, 0.1) is 12.6 Å². The Balaban J connectivity index is 1.55. The zero-order valence-corrected chi connectivity index (χ0v) is 17.4. The second-order valence-corrected chi connectivity index (χ2v) is 7.88. The Labute approximate surface area is 169 Å². The van der Waals surface area contributed by atoms with Crippen LogP contribution in [0.4, 0.5) is 4.39 Å². The van der Waals surface area contributed by atoms with Gasteiger partial charge in [-0.1, -0.05) is 12.1 Å². The Kier molecular flexibility index (Phi) is 8.10. The van der Waals surface area contributed by atoms with Crippen molar-refractivity contribution in [2.45, 2.75) is 51.7 Å². The second-order valence-electron chi connectivity index (χ2n) is 7.88. The molecule has 0 bridgehead atoms. The Morgan fingerprint density at radius 2 is 1.93 bits per heavy atom. The summed E-state index contributed by atoms with van der Waals surface area (Å²) in [4.78, 5) is 9.72. The zero-order chi connectivity index (χ0) is 19.8. The predicted molar refractivity (Wildman–Crippen MR) is 112 cm³/mol. The molecule has 3 rings (SSSR count). The van der Waals surface area contributed by atoms with E-state index in [1.54, 1.807) is 0 Å². The van der Waals surface area contributed by atoms with Crippen LogP contribution in [0.2, 0.25) is 0 Å². The number of rotatable bonds is 7. The normalized spacial score (nSPS) is 24.0. The molecule has 2 aliphatic rings. The van der Waals surface area contributed by atoms with Crippen LogP contribution >= 0.6 is 0 Å². The topological polar surface area (TPSA) is 40.1 Å². The highest BCUT2D eigenvalue weighted by Gasteiger charge is 2.28. The lowest BCUT2D eigenvalue weighted by molar-refractivity contribution is -0.0605. The fourth-order valence-electron chi connectivity index (χ4n) is 4.05. The number of hydrogen-bond donors (Lipinski definition) is 1. The summed E-state index contributed by atoms with van der Waals surface area (Å²) in [5.74, 6) is 0.749. The van der Waals surface area contributed by atoms with Crippen molar-refractivity contribution in [3.63, 3.8) is 0 Å². The average Bonchev–Trinajstić information content (AvgIpc) is 3.20. The van der Waals surface area contributed by atoms with Crippen LogP contribution in [0.15, 0.2) is 29.3 Å². The van der Waals surface area contributed by atoms with Crippen LogP contribution in [0.25, 0.3) is 0 Å². The summed E-state index contributed by atoms with van der Waals surface area (Å²) in [6.07, 6.45) is 5.07. The smallest absolute Gasteiger partial charge is 0.194 e. The summed E-state index contributed by atoms with van der Waals surface area (Å²) in [5.41, 5.74) is 1.01. The minimum absolute atomic E-state index is 0.0663. The van der Waals surface area contributed by atoms with Crippen molar-refractivity contribution in [2.75, 3.05) is 45.8 Å². The predicted octanol–water partition coefficient (Wildman–Crippen LogP) is 3.43. The van der Waals surface area contributed by atoms with Crippen molar-refractivity contribution in [3.05, 3.63) is 35.6 Å². The first-order valence-electron chi connectivity index (χ1n) is 10.8. The number of ether oxygens (including phenoxy) is 1. The number of nitrogens with one attached hydrogen (secondary N) is 1. The molecule has 28 heavy (non-hydrogen) atoms. The Bertz CT molecular complexity index is 615. The van der Waals surface area contributed by atoms with Gasteiger partial charge in [-0.25, -0.2) is 4.39 Å². The molecule has 2 unspecified atom stereocenters. The van der Waals surface area contributed by atoms with Crippen molar-refractivity contribution in [2.24, 2.45) is 4.99 Å².